The number of aromatic nitrogens is 3. The Balaban J connectivity index is 1.59. The zero-order chi connectivity index (χ0) is 30.2. The van der Waals surface area contributed by atoms with Gasteiger partial charge < -0.3 is 25.5 Å². The minimum Gasteiger partial charge on any atom is -0.370 e. The van der Waals surface area contributed by atoms with Gasteiger partial charge in [0.1, 0.15) is 0 Å². The normalized spacial score (nSPS) is 15.5. The molecular weight excluding hydrogens is 535 g/mol. The molecule has 4 N–H and O–H groups in total. The first-order valence-electron chi connectivity index (χ1n) is 13.2. The number of nitrogens with one attached hydrogen (secondary N) is 2. The highest BCUT2D eigenvalue weighted by molar-refractivity contribution is 6.05. The quantitative estimate of drug-likeness (QED) is 0.213. The van der Waals surface area contributed by atoms with Crippen molar-refractivity contribution in [2.24, 2.45) is 12.9 Å². The number of halogens is 3. The molecule has 1 fully saturated rings. The molecule has 1 amide bonds. The summed E-state index contributed by atoms with van der Waals surface area (Å²) in [5.41, 5.74) is 2.57. The summed E-state index contributed by atoms with van der Waals surface area (Å²) in [6.07, 6.45) is -0.819. The van der Waals surface area contributed by atoms with Crippen LogP contribution < -0.4 is 21.1 Å². The Morgan fingerprint density at radius 1 is 1.20 bits per heavy atom. The lowest BCUT2D eigenvalue weighted by atomic mass is 10.0. The maximum Gasteiger partial charge on any atom is 0.416 e. The molecule has 0 radical (unpaired) electrons. The van der Waals surface area contributed by atoms with Crippen molar-refractivity contribution in [3.8, 4) is 0 Å². The molecule has 220 valence electrons. The van der Waals surface area contributed by atoms with E-state index < -0.39 is 17.6 Å². The van der Waals surface area contributed by atoms with Crippen LogP contribution in [-0.4, -0.2) is 71.1 Å². The van der Waals surface area contributed by atoms with E-state index in [9.17, 15) is 18.0 Å². The minimum atomic E-state index is -4.59. The molecule has 2 aromatic heterocycles. The van der Waals surface area contributed by atoms with Gasteiger partial charge in [-0.05, 0) is 65.0 Å². The molecule has 1 aliphatic rings. The summed E-state index contributed by atoms with van der Waals surface area (Å²) in [6.45, 7) is 6.26. The topological polar surface area (TPSA) is 119 Å². The summed E-state index contributed by atoms with van der Waals surface area (Å²) in [5.74, 6) is 5.65. The molecule has 41 heavy (non-hydrogen) atoms. The van der Waals surface area contributed by atoms with E-state index in [0.29, 0.717) is 35.7 Å². The van der Waals surface area contributed by atoms with Gasteiger partial charge in [-0.3, -0.25) is 14.5 Å². The number of alkyl halides is 3. The van der Waals surface area contributed by atoms with E-state index in [0.717, 1.165) is 18.2 Å². The van der Waals surface area contributed by atoms with Crippen LogP contribution in [0.15, 0.2) is 30.6 Å². The number of hydrogen-bond donors (Lipinski definition) is 3. The number of nitrogens with zero attached hydrogens (tertiary/aromatic N) is 6. The average Bonchev–Trinajstić information content (AvgIpc) is 3.51. The molecule has 1 aliphatic heterocycles. The van der Waals surface area contributed by atoms with Crippen molar-refractivity contribution >= 4 is 28.7 Å². The smallest absolute Gasteiger partial charge is 0.370 e. The molecule has 0 aliphatic carbocycles. The second-order valence-electron chi connectivity index (χ2n) is 10.7. The Morgan fingerprint density at radius 3 is 2.49 bits per heavy atom. The highest BCUT2D eigenvalue weighted by atomic mass is 19.4. The third-order valence-corrected chi connectivity index (χ3v) is 7.70. The van der Waals surface area contributed by atoms with E-state index in [1.165, 1.54) is 24.2 Å². The van der Waals surface area contributed by atoms with Gasteiger partial charge in [-0.2, -0.15) is 18.3 Å². The zero-order valence-corrected chi connectivity index (χ0v) is 24.1. The van der Waals surface area contributed by atoms with Gasteiger partial charge in [0, 0.05) is 55.0 Å². The molecule has 13 heteroatoms. The van der Waals surface area contributed by atoms with E-state index in [1.807, 2.05) is 25.9 Å². The van der Waals surface area contributed by atoms with E-state index >= 15 is 0 Å². The maximum atomic E-state index is 14.0. The van der Waals surface area contributed by atoms with Gasteiger partial charge in [0.05, 0.1) is 41.0 Å². The zero-order valence-electron chi connectivity index (χ0n) is 24.1. The standard InChI is InChI=1S/C28H36F3N9O/c1-16-23(28(29,30)31)10-20(11-25(16)39-8-7-21(14-39)37(4)5)36-27(41)19-9-26(17(2)34-12-19)40(33)15-24(32)22-13-35-38(6)18(22)3/h9-13,21,32H,7-8,14-15,33H2,1-6H3,(H,36,41). The van der Waals surface area contributed by atoms with Crippen LogP contribution in [0.5, 0.6) is 0 Å². The summed E-state index contributed by atoms with van der Waals surface area (Å²) >= 11 is 0. The lowest BCUT2D eigenvalue weighted by molar-refractivity contribution is -0.138. The van der Waals surface area contributed by atoms with Gasteiger partial charge in [-0.1, -0.05) is 0 Å². The molecule has 1 atom stereocenters. The highest BCUT2D eigenvalue weighted by Crippen LogP contribution is 2.39. The first-order chi connectivity index (χ1) is 19.2. The first kappa shape index (κ1) is 30.0. The third-order valence-electron chi connectivity index (χ3n) is 7.70. The molecule has 3 heterocycles. The van der Waals surface area contributed by atoms with Crippen LogP contribution in [0.2, 0.25) is 0 Å². The van der Waals surface area contributed by atoms with Crippen LogP contribution in [-0.2, 0) is 13.2 Å². The van der Waals surface area contributed by atoms with Crippen LogP contribution in [0.3, 0.4) is 0 Å². The molecule has 3 aromatic rings. The van der Waals surface area contributed by atoms with E-state index in [2.05, 4.69) is 20.3 Å². The number of amides is 1. The van der Waals surface area contributed by atoms with Crippen molar-refractivity contribution in [2.75, 3.05) is 49.0 Å². The van der Waals surface area contributed by atoms with Crippen molar-refractivity contribution in [3.63, 3.8) is 0 Å². The van der Waals surface area contributed by atoms with Gasteiger partial charge in [0.25, 0.3) is 5.91 Å². The Hall–Kier alpha value is -3.97. The summed E-state index contributed by atoms with van der Waals surface area (Å²) < 4.78 is 43.7. The Bertz CT molecular complexity index is 1460. The second-order valence-corrected chi connectivity index (χ2v) is 10.7. The van der Waals surface area contributed by atoms with E-state index in [-0.39, 0.29) is 35.1 Å². The number of carbonyl (C=O) groups excluding carboxylic acids is 1. The van der Waals surface area contributed by atoms with Crippen molar-refractivity contribution in [1.29, 1.82) is 5.41 Å². The van der Waals surface area contributed by atoms with Gasteiger partial charge in [0.15, 0.2) is 0 Å². The van der Waals surface area contributed by atoms with E-state index in [1.54, 1.807) is 30.9 Å². The largest absolute Gasteiger partial charge is 0.416 e. The Morgan fingerprint density at radius 2 is 1.90 bits per heavy atom. The van der Waals surface area contributed by atoms with E-state index in [4.69, 9.17) is 11.3 Å². The molecule has 4 rings (SSSR count). The van der Waals surface area contributed by atoms with Gasteiger partial charge >= 0.3 is 6.18 Å². The number of benzene rings is 1. The number of pyridine rings is 1. The lowest BCUT2D eigenvalue weighted by Gasteiger charge is -2.26. The fourth-order valence-corrected chi connectivity index (χ4v) is 5.05. The number of nitrogens with two attached hydrogens (primary N) is 1. The number of carbonyl (C=O) groups is 1. The molecule has 1 aromatic carbocycles. The second kappa shape index (κ2) is 11.5. The fraction of sp³-hybridized carbons (Fsp3) is 0.429. The highest BCUT2D eigenvalue weighted by Gasteiger charge is 2.36. The van der Waals surface area contributed by atoms with Crippen molar-refractivity contribution < 1.29 is 18.0 Å². The Labute approximate surface area is 237 Å². The summed E-state index contributed by atoms with van der Waals surface area (Å²) in [4.78, 5) is 21.5. The summed E-state index contributed by atoms with van der Waals surface area (Å²) in [6, 6.07) is 4.30. The van der Waals surface area contributed by atoms with Gasteiger partial charge in [-0.25, -0.2) is 5.84 Å². The van der Waals surface area contributed by atoms with Crippen molar-refractivity contribution in [3.05, 3.63) is 64.2 Å². The molecular formula is C28H36F3N9O. The molecule has 1 saturated heterocycles. The molecule has 1 unspecified atom stereocenters. The molecule has 0 spiro atoms. The maximum absolute atomic E-state index is 14.0. The number of hydrazine groups is 1. The molecule has 0 bridgehead atoms. The predicted molar refractivity (Wildman–Crippen MR) is 154 cm³/mol. The molecule has 10 nitrogen and oxygen atoms in total. The van der Waals surface area contributed by atoms with Crippen molar-refractivity contribution in [2.45, 2.75) is 39.4 Å². The Kier molecular flexibility index (Phi) is 8.41. The lowest BCUT2D eigenvalue weighted by Crippen LogP contribution is -2.37. The van der Waals surface area contributed by atoms with Gasteiger partial charge in [-0.15, -0.1) is 0 Å². The average molecular weight is 572 g/mol. The van der Waals surface area contributed by atoms with Crippen LogP contribution in [0.1, 0.15) is 44.9 Å². The van der Waals surface area contributed by atoms with Gasteiger partial charge in [0.2, 0.25) is 0 Å². The summed E-state index contributed by atoms with van der Waals surface area (Å²) in [7, 11) is 5.69. The van der Waals surface area contributed by atoms with Crippen LogP contribution >= 0.6 is 0 Å². The number of rotatable bonds is 8. The first-order valence-corrected chi connectivity index (χ1v) is 13.2. The van der Waals surface area contributed by atoms with Crippen LogP contribution in [0, 0.1) is 26.2 Å². The third kappa shape index (κ3) is 6.35. The van der Waals surface area contributed by atoms with Crippen LogP contribution in [0.4, 0.5) is 30.2 Å². The predicted octanol–water partition coefficient (Wildman–Crippen LogP) is 3.90. The van der Waals surface area contributed by atoms with Crippen LogP contribution in [0.25, 0.3) is 0 Å². The number of aryl methyl sites for hydroxylation is 2. The minimum absolute atomic E-state index is 0.0279. The summed E-state index contributed by atoms with van der Waals surface area (Å²) in [5, 5.41) is 16.6. The number of hydrogen-bond acceptors (Lipinski definition) is 8. The van der Waals surface area contributed by atoms with Crippen molar-refractivity contribution in [1.82, 2.24) is 19.7 Å². The number of likely N-dealkylation sites (N-methyl/N-ethyl adjacent to an activating group) is 1. The molecule has 0 saturated carbocycles. The fourth-order valence-electron chi connectivity index (χ4n) is 5.05. The SMILES string of the molecule is Cc1ncc(C(=O)Nc2cc(N3CCC(N(C)C)C3)c(C)c(C(F)(F)F)c2)cc1N(N)CC(=N)c1cnn(C)c1C. The monoisotopic (exact) mass is 571 g/mol. The number of anilines is 3.